The predicted octanol–water partition coefficient (Wildman–Crippen LogP) is 4.51. The van der Waals surface area contributed by atoms with Crippen molar-refractivity contribution in [1.82, 2.24) is 19.5 Å². The van der Waals surface area contributed by atoms with E-state index in [-0.39, 0.29) is 17.5 Å². The van der Waals surface area contributed by atoms with E-state index in [4.69, 9.17) is 11.6 Å². The van der Waals surface area contributed by atoms with Gasteiger partial charge in [0.2, 0.25) is 11.1 Å². The van der Waals surface area contributed by atoms with Crippen LogP contribution in [-0.4, -0.2) is 31.2 Å². The van der Waals surface area contributed by atoms with Crippen LogP contribution in [0.1, 0.15) is 11.4 Å². The summed E-state index contributed by atoms with van der Waals surface area (Å²) in [5, 5.41) is 12.6. The first-order chi connectivity index (χ1) is 14.6. The molecule has 0 spiro atoms. The van der Waals surface area contributed by atoms with Crippen LogP contribution in [-0.2, 0) is 11.2 Å². The zero-order chi connectivity index (χ0) is 20.9. The Morgan fingerprint density at radius 3 is 2.43 bits per heavy atom. The monoisotopic (exact) mass is 441 g/mol. The highest BCUT2D eigenvalue weighted by molar-refractivity contribution is 7.99. The minimum atomic E-state index is -0.351. The molecule has 0 fully saturated rings. The minimum absolute atomic E-state index is 0.137. The van der Waals surface area contributed by atoms with Gasteiger partial charge in [-0.3, -0.25) is 9.47 Å². The Kier molecular flexibility index (Phi) is 6.15. The molecule has 4 rings (SSSR count). The zero-order valence-corrected chi connectivity index (χ0v) is 17.3. The number of benzene rings is 2. The number of nitrogens with one attached hydrogen (secondary N) is 1. The van der Waals surface area contributed by atoms with Crippen LogP contribution in [0.5, 0.6) is 0 Å². The molecule has 2 aromatic carbocycles. The SMILES string of the molecule is O=C(CSc1nnc(Cc2ccc(Cl)cc2)n1-n1cccc1)Nc1ccc(F)cc1. The van der Waals surface area contributed by atoms with E-state index in [2.05, 4.69) is 15.5 Å². The van der Waals surface area contributed by atoms with Crippen LogP contribution in [0.15, 0.2) is 78.2 Å². The number of rotatable bonds is 7. The lowest BCUT2D eigenvalue weighted by atomic mass is 10.1. The van der Waals surface area contributed by atoms with E-state index in [1.807, 2.05) is 58.1 Å². The summed E-state index contributed by atoms with van der Waals surface area (Å²) in [7, 11) is 0. The highest BCUT2D eigenvalue weighted by Gasteiger charge is 2.16. The van der Waals surface area contributed by atoms with Crippen molar-refractivity contribution in [2.75, 3.05) is 11.1 Å². The number of carbonyl (C=O) groups is 1. The van der Waals surface area contributed by atoms with E-state index < -0.39 is 0 Å². The van der Waals surface area contributed by atoms with E-state index in [9.17, 15) is 9.18 Å². The third-order valence-electron chi connectivity index (χ3n) is 4.23. The summed E-state index contributed by atoms with van der Waals surface area (Å²) in [6.45, 7) is 0. The molecule has 0 aliphatic rings. The van der Waals surface area contributed by atoms with E-state index in [0.717, 1.165) is 11.4 Å². The molecule has 152 valence electrons. The maximum absolute atomic E-state index is 13.0. The molecule has 0 aliphatic carbocycles. The molecule has 2 aromatic heterocycles. The van der Waals surface area contributed by atoms with Crippen molar-refractivity contribution in [3.63, 3.8) is 0 Å². The number of thioether (sulfide) groups is 1. The Balaban J connectivity index is 1.50. The molecule has 30 heavy (non-hydrogen) atoms. The first-order valence-corrected chi connectivity index (χ1v) is 10.5. The van der Waals surface area contributed by atoms with Crippen molar-refractivity contribution in [3.05, 3.63) is 95.3 Å². The molecule has 4 aromatic rings. The standard InChI is InChI=1S/C21H17ClFN5OS/c22-16-5-3-15(4-6-16)13-19-25-26-21(28(19)27-11-1-2-12-27)30-14-20(29)24-18-9-7-17(23)8-10-18/h1-12H,13-14H2,(H,24,29). The summed E-state index contributed by atoms with van der Waals surface area (Å²) in [4.78, 5) is 12.3. The van der Waals surface area contributed by atoms with Crippen molar-refractivity contribution < 1.29 is 9.18 Å². The van der Waals surface area contributed by atoms with Gasteiger partial charge in [0.25, 0.3) is 0 Å². The van der Waals surface area contributed by atoms with Crippen LogP contribution in [0, 0.1) is 5.82 Å². The first-order valence-electron chi connectivity index (χ1n) is 9.09. The molecule has 0 saturated heterocycles. The summed E-state index contributed by atoms with van der Waals surface area (Å²) in [6.07, 6.45) is 4.33. The van der Waals surface area contributed by atoms with Crippen molar-refractivity contribution in [1.29, 1.82) is 0 Å². The number of halogens is 2. The van der Waals surface area contributed by atoms with Gasteiger partial charge in [0.05, 0.1) is 5.75 Å². The fourth-order valence-electron chi connectivity index (χ4n) is 2.83. The maximum Gasteiger partial charge on any atom is 0.234 e. The van der Waals surface area contributed by atoms with Gasteiger partial charge in [0, 0.05) is 29.5 Å². The van der Waals surface area contributed by atoms with Crippen LogP contribution >= 0.6 is 23.4 Å². The average Bonchev–Trinajstić information content (AvgIpc) is 3.39. The Hall–Kier alpha value is -3.10. The smallest absolute Gasteiger partial charge is 0.234 e. The lowest BCUT2D eigenvalue weighted by Crippen LogP contribution is -2.16. The summed E-state index contributed by atoms with van der Waals surface area (Å²) >= 11 is 7.24. The van der Waals surface area contributed by atoms with Gasteiger partial charge in [0.15, 0.2) is 5.82 Å². The highest BCUT2D eigenvalue weighted by Crippen LogP contribution is 2.21. The fourth-order valence-corrected chi connectivity index (χ4v) is 3.71. The van der Waals surface area contributed by atoms with Gasteiger partial charge in [-0.05, 0) is 54.1 Å². The second-order valence-corrected chi connectivity index (χ2v) is 7.80. The molecule has 0 aliphatic heterocycles. The molecule has 0 atom stereocenters. The maximum atomic E-state index is 13.0. The number of amides is 1. The van der Waals surface area contributed by atoms with E-state index >= 15 is 0 Å². The van der Waals surface area contributed by atoms with Crippen molar-refractivity contribution in [3.8, 4) is 0 Å². The quantitative estimate of drug-likeness (QED) is 0.429. The third kappa shape index (κ3) is 4.90. The Morgan fingerprint density at radius 1 is 1.03 bits per heavy atom. The number of nitrogens with zero attached hydrogens (tertiary/aromatic N) is 4. The van der Waals surface area contributed by atoms with Crippen LogP contribution in [0.25, 0.3) is 0 Å². The summed E-state index contributed by atoms with van der Waals surface area (Å²) < 4.78 is 16.7. The largest absolute Gasteiger partial charge is 0.325 e. The van der Waals surface area contributed by atoms with E-state index in [1.54, 1.807) is 0 Å². The van der Waals surface area contributed by atoms with Gasteiger partial charge in [-0.1, -0.05) is 35.5 Å². The number of hydrogen-bond acceptors (Lipinski definition) is 4. The van der Waals surface area contributed by atoms with Gasteiger partial charge in [-0.25, -0.2) is 9.07 Å². The Bertz CT molecular complexity index is 1130. The normalized spacial score (nSPS) is 10.9. The van der Waals surface area contributed by atoms with Crippen LogP contribution in [0.2, 0.25) is 5.02 Å². The number of hydrogen-bond donors (Lipinski definition) is 1. The van der Waals surface area contributed by atoms with Gasteiger partial charge in [0.1, 0.15) is 5.82 Å². The molecule has 0 saturated carbocycles. The van der Waals surface area contributed by atoms with E-state index in [1.165, 1.54) is 36.0 Å². The number of aromatic nitrogens is 4. The topological polar surface area (TPSA) is 64.7 Å². The average molecular weight is 442 g/mol. The molecule has 2 heterocycles. The third-order valence-corrected chi connectivity index (χ3v) is 5.40. The number of carbonyl (C=O) groups excluding carboxylic acids is 1. The van der Waals surface area contributed by atoms with Gasteiger partial charge in [-0.15, -0.1) is 10.2 Å². The number of anilines is 1. The predicted molar refractivity (Wildman–Crippen MR) is 115 cm³/mol. The molecule has 0 bridgehead atoms. The van der Waals surface area contributed by atoms with Gasteiger partial charge < -0.3 is 5.32 Å². The fraction of sp³-hybridized carbons (Fsp3) is 0.0952. The lowest BCUT2D eigenvalue weighted by molar-refractivity contribution is -0.113. The van der Waals surface area contributed by atoms with Crippen molar-refractivity contribution in [2.24, 2.45) is 0 Å². The van der Waals surface area contributed by atoms with Crippen molar-refractivity contribution >= 4 is 35.0 Å². The summed E-state index contributed by atoms with van der Waals surface area (Å²) in [5.74, 6) is 0.302. The zero-order valence-electron chi connectivity index (χ0n) is 15.7. The Labute approximate surface area is 181 Å². The van der Waals surface area contributed by atoms with Crippen LogP contribution < -0.4 is 5.32 Å². The highest BCUT2D eigenvalue weighted by atomic mass is 35.5. The molecule has 0 unspecified atom stereocenters. The first kappa shape index (κ1) is 20.2. The van der Waals surface area contributed by atoms with Gasteiger partial charge >= 0.3 is 0 Å². The van der Waals surface area contributed by atoms with Gasteiger partial charge in [-0.2, -0.15) is 0 Å². The second kappa shape index (κ2) is 9.15. The molecule has 6 nitrogen and oxygen atoms in total. The molecule has 0 radical (unpaired) electrons. The summed E-state index contributed by atoms with van der Waals surface area (Å²) in [6, 6.07) is 17.0. The second-order valence-electron chi connectivity index (χ2n) is 6.42. The molecular weight excluding hydrogens is 425 g/mol. The molecule has 9 heteroatoms. The van der Waals surface area contributed by atoms with Crippen LogP contribution in [0.4, 0.5) is 10.1 Å². The van der Waals surface area contributed by atoms with Crippen molar-refractivity contribution in [2.45, 2.75) is 11.6 Å². The van der Waals surface area contributed by atoms with Crippen LogP contribution in [0.3, 0.4) is 0 Å². The molecule has 1 N–H and O–H groups in total. The minimum Gasteiger partial charge on any atom is -0.325 e. The lowest BCUT2D eigenvalue weighted by Gasteiger charge is -2.11. The Morgan fingerprint density at radius 2 is 1.73 bits per heavy atom. The van der Waals surface area contributed by atoms with E-state index in [0.29, 0.717) is 22.3 Å². The summed E-state index contributed by atoms with van der Waals surface area (Å²) in [5.41, 5.74) is 1.59. The molecule has 1 amide bonds. The molecular formula is C21H17ClFN5OS.